The van der Waals surface area contributed by atoms with E-state index in [1.165, 1.54) is 18.2 Å². The first kappa shape index (κ1) is 18.1. The van der Waals surface area contributed by atoms with Crippen molar-refractivity contribution in [2.75, 3.05) is 5.32 Å². The lowest BCUT2D eigenvalue weighted by molar-refractivity contribution is -0.385. The maximum Gasteiger partial charge on any atom is 0.282 e. The highest BCUT2D eigenvalue weighted by atomic mass is 32.2. The summed E-state index contributed by atoms with van der Waals surface area (Å²) in [6, 6.07) is 11.5. The van der Waals surface area contributed by atoms with Crippen LogP contribution >= 0.6 is 23.1 Å². The summed E-state index contributed by atoms with van der Waals surface area (Å²) in [6.45, 7) is 3.83. The van der Waals surface area contributed by atoms with E-state index in [1.807, 2.05) is 31.4 Å². The molecule has 0 unspecified atom stereocenters. The Labute approximate surface area is 158 Å². The Hall–Kier alpha value is -2.71. The summed E-state index contributed by atoms with van der Waals surface area (Å²) < 4.78 is 0.957. The number of rotatable bonds is 5. The summed E-state index contributed by atoms with van der Waals surface area (Å²) in [5.41, 5.74) is 2.30. The number of aryl methyl sites for hydroxylation is 2. The smallest absolute Gasteiger partial charge is 0.282 e. The summed E-state index contributed by atoms with van der Waals surface area (Å²) in [5, 5.41) is 15.8. The van der Waals surface area contributed by atoms with Gasteiger partial charge in [-0.15, -0.1) is 11.3 Å². The molecule has 0 radical (unpaired) electrons. The molecule has 3 rings (SSSR count). The molecule has 0 aliphatic rings. The summed E-state index contributed by atoms with van der Waals surface area (Å²) in [7, 11) is 0. The van der Waals surface area contributed by atoms with Gasteiger partial charge in [-0.05, 0) is 43.7 Å². The van der Waals surface area contributed by atoms with Gasteiger partial charge in [-0.2, -0.15) is 0 Å². The van der Waals surface area contributed by atoms with Crippen LogP contribution in [0.4, 0.5) is 11.4 Å². The minimum atomic E-state index is -0.558. The van der Waals surface area contributed by atoms with Crippen LogP contribution in [0.1, 0.15) is 21.6 Å². The van der Waals surface area contributed by atoms with Gasteiger partial charge in [0.1, 0.15) is 5.56 Å². The third-order valence-electron chi connectivity index (χ3n) is 3.59. The lowest BCUT2D eigenvalue weighted by atomic mass is 10.1. The van der Waals surface area contributed by atoms with E-state index in [9.17, 15) is 14.9 Å². The average molecular weight is 385 g/mol. The first-order valence-corrected chi connectivity index (χ1v) is 9.39. The summed E-state index contributed by atoms with van der Waals surface area (Å²) in [5.74, 6) is -0.503. The van der Waals surface area contributed by atoms with Gasteiger partial charge < -0.3 is 5.32 Å². The topological polar surface area (TPSA) is 85.1 Å². The van der Waals surface area contributed by atoms with Crippen LogP contribution in [0.25, 0.3) is 0 Å². The molecule has 1 N–H and O–H groups in total. The Morgan fingerprint density at radius 2 is 2.00 bits per heavy atom. The summed E-state index contributed by atoms with van der Waals surface area (Å²) >= 11 is 3.14. The molecule has 0 atom stereocenters. The number of para-hydroxylation sites is 1. The van der Waals surface area contributed by atoms with Gasteiger partial charge in [0.15, 0.2) is 4.34 Å². The van der Waals surface area contributed by atoms with E-state index in [0.717, 1.165) is 20.5 Å². The Morgan fingerprint density at radius 3 is 2.65 bits per heavy atom. The van der Waals surface area contributed by atoms with Crippen LogP contribution in [0.3, 0.4) is 0 Å². The molecule has 3 aromatic rings. The molecular formula is C18H15N3O3S2. The van der Waals surface area contributed by atoms with Crippen LogP contribution in [0, 0.1) is 24.0 Å². The van der Waals surface area contributed by atoms with E-state index in [2.05, 4.69) is 10.3 Å². The standard InChI is InChI=1S/C18H15N3O3S2/c1-11-9-13(26-18-19-12(2)10-25-18)7-8-15(11)20-17(22)14-5-3-4-6-16(14)21(23)24/h3-10H,1-2H3,(H,20,22). The third-order valence-corrected chi connectivity index (χ3v) is 5.64. The number of carbonyl (C=O) groups is 1. The first-order chi connectivity index (χ1) is 12.4. The molecule has 0 spiro atoms. The monoisotopic (exact) mass is 385 g/mol. The molecule has 1 heterocycles. The number of nitrogens with zero attached hydrogens (tertiary/aromatic N) is 2. The number of nitro benzene ring substituents is 1. The van der Waals surface area contributed by atoms with Crippen molar-refractivity contribution in [1.29, 1.82) is 0 Å². The van der Waals surface area contributed by atoms with Crippen molar-refractivity contribution in [3.05, 3.63) is 74.8 Å². The van der Waals surface area contributed by atoms with Crippen molar-refractivity contribution in [3.8, 4) is 0 Å². The van der Waals surface area contributed by atoms with Gasteiger partial charge in [0, 0.05) is 27.7 Å². The highest BCUT2D eigenvalue weighted by Gasteiger charge is 2.19. The van der Waals surface area contributed by atoms with E-state index in [1.54, 1.807) is 35.2 Å². The van der Waals surface area contributed by atoms with E-state index in [-0.39, 0.29) is 11.3 Å². The third kappa shape index (κ3) is 4.09. The van der Waals surface area contributed by atoms with Crippen molar-refractivity contribution in [2.24, 2.45) is 0 Å². The fraction of sp³-hybridized carbons (Fsp3) is 0.111. The lowest BCUT2D eigenvalue weighted by Gasteiger charge is -2.10. The molecule has 0 aliphatic heterocycles. The van der Waals surface area contributed by atoms with Crippen molar-refractivity contribution >= 4 is 40.4 Å². The van der Waals surface area contributed by atoms with Crippen LogP contribution in [0.2, 0.25) is 0 Å². The van der Waals surface area contributed by atoms with Gasteiger partial charge >= 0.3 is 0 Å². The predicted molar refractivity (Wildman–Crippen MR) is 103 cm³/mol. The summed E-state index contributed by atoms with van der Waals surface area (Å²) in [4.78, 5) is 28.4. The zero-order chi connectivity index (χ0) is 18.7. The molecule has 132 valence electrons. The molecule has 0 fully saturated rings. The van der Waals surface area contributed by atoms with Gasteiger partial charge in [-0.25, -0.2) is 4.98 Å². The Balaban J connectivity index is 1.78. The highest BCUT2D eigenvalue weighted by Crippen LogP contribution is 2.32. The largest absolute Gasteiger partial charge is 0.322 e. The molecule has 0 bridgehead atoms. The Morgan fingerprint density at radius 1 is 1.23 bits per heavy atom. The fourth-order valence-electron chi connectivity index (χ4n) is 2.33. The van der Waals surface area contributed by atoms with Crippen molar-refractivity contribution in [3.63, 3.8) is 0 Å². The van der Waals surface area contributed by atoms with E-state index < -0.39 is 10.8 Å². The Kier molecular flexibility index (Phi) is 5.34. The lowest BCUT2D eigenvalue weighted by Crippen LogP contribution is -2.14. The number of anilines is 1. The van der Waals surface area contributed by atoms with E-state index in [4.69, 9.17) is 0 Å². The number of aromatic nitrogens is 1. The second kappa shape index (κ2) is 7.67. The quantitative estimate of drug-likeness (QED) is 0.489. The highest BCUT2D eigenvalue weighted by molar-refractivity contribution is 8.01. The molecular weight excluding hydrogens is 370 g/mol. The molecule has 2 aromatic carbocycles. The molecule has 1 aromatic heterocycles. The molecule has 0 saturated heterocycles. The zero-order valence-corrected chi connectivity index (χ0v) is 15.7. The minimum absolute atomic E-state index is 0.0358. The number of amides is 1. The maximum atomic E-state index is 12.4. The number of nitrogens with one attached hydrogen (secondary N) is 1. The molecule has 8 heteroatoms. The first-order valence-electron chi connectivity index (χ1n) is 7.69. The SMILES string of the molecule is Cc1csc(Sc2ccc(NC(=O)c3ccccc3[N+](=O)[O-])c(C)c2)n1. The second-order valence-corrected chi connectivity index (χ2v) is 7.74. The minimum Gasteiger partial charge on any atom is -0.322 e. The predicted octanol–water partition coefficient (Wildman–Crippen LogP) is 5.07. The van der Waals surface area contributed by atoms with Crippen molar-refractivity contribution < 1.29 is 9.72 Å². The Bertz CT molecular complexity index is 985. The fourth-order valence-corrected chi connectivity index (χ4v) is 4.24. The van der Waals surface area contributed by atoms with Crippen LogP contribution in [0.15, 0.2) is 57.1 Å². The molecule has 26 heavy (non-hydrogen) atoms. The zero-order valence-electron chi connectivity index (χ0n) is 14.1. The average Bonchev–Trinajstić information content (AvgIpc) is 3.02. The number of hydrogen-bond acceptors (Lipinski definition) is 6. The molecule has 1 amide bonds. The van der Waals surface area contributed by atoms with Crippen LogP contribution in [-0.4, -0.2) is 15.8 Å². The van der Waals surface area contributed by atoms with Gasteiger partial charge in [-0.1, -0.05) is 23.9 Å². The van der Waals surface area contributed by atoms with Crippen LogP contribution in [0.5, 0.6) is 0 Å². The molecule has 6 nitrogen and oxygen atoms in total. The van der Waals surface area contributed by atoms with Crippen molar-refractivity contribution in [2.45, 2.75) is 23.1 Å². The second-order valence-electron chi connectivity index (χ2n) is 5.56. The van der Waals surface area contributed by atoms with Crippen LogP contribution < -0.4 is 5.32 Å². The normalized spacial score (nSPS) is 10.5. The van der Waals surface area contributed by atoms with E-state index >= 15 is 0 Å². The number of benzene rings is 2. The van der Waals surface area contributed by atoms with Gasteiger partial charge in [0.05, 0.1) is 4.92 Å². The van der Waals surface area contributed by atoms with Gasteiger partial charge in [-0.3, -0.25) is 14.9 Å². The van der Waals surface area contributed by atoms with Gasteiger partial charge in [0.2, 0.25) is 0 Å². The molecule has 0 saturated carbocycles. The number of carbonyl (C=O) groups excluding carboxylic acids is 1. The number of nitro groups is 1. The summed E-state index contributed by atoms with van der Waals surface area (Å²) in [6.07, 6.45) is 0. The van der Waals surface area contributed by atoms with Crippen molar-refractivity contribution in [1.82, 2.24) is 4.98 Å². The maximum absolute atomic E-state index is 12.4. The molecule has 0 aliphatic carbocycles. The van der Waals surface area contributed by atoms with E-state index in [0.29, 0.717) is 5.69 Å². The van der Waals surface area contributed by atoms with Gasteiger partial charge in [0.25, 0.3) is 11.6 Å². The number of thiazole rings is 1. The number of hydrogen-bond donors (Lipinski definition) is 1. The van der Waals surface area contributed by atoms with Crippen LogP contribution in [-0.2, 0) is 0 Å².